The molecule has 1 amide bonds. The molecule has 0 aromatic carbocycles. The molecule has 3 rings (SSSR count). The maximum Gasteiger partial charge on any atom is 0.220 e. The van der Waals surface area contributed by atoms with E-state index >= 15 is 0 Å². The normalized spacial score (nSPS) is 28.4. The molecule has 526 valence electrons. The summed E-state index contributed by atoms with van der Waals surface area (Å²) < 4.78 is 34.1. The lowest BCUT2D eigenvalue weighted by atomic mass is 9.96. The van der Waals surface area contributed by atoms with Crippen LogP contribution in [0.5, 0.6) is 0 Å². The van der Waals surface area contributed by atoms with Crippen LogP contribution in [0.3, 0.4) is 0 Å². The predicted octanol–water partition coefficient (Wildman–Crippen LogP) is 9.49. The van der Waals surface area contributed by atoms with E-state index in [1.54, 1.807) is 6.08 Å². The Labute approximate surface area is 546 Å². The fourth-order valence-corrected chi connectivity index (χ4v) is 11.5. The lowest BCUT2D eigenvalue weighted by Gasteiger charge is -2.48. The third kappa shape index (κ3) is 35.0. The summed E-state index contributed by atoms with van der Waals surface area (Å²) in [6.07, 6.45) is 42.6. The minimum absolute atomic E-state index is 0.242. The maximum atomic E-state index is 13.3. The highest BCUT2D eigenvalue weighted by molar-refractivity contribution is 5.76. The Hall–Kier alpha value is -3.03. The van der Waals surface area contributed by atoms with Crippen LogP contribution in [0.2, 0.25) is 0 Å². The Morgan fingerprint density at radius 1 is 0.407 bits per heavy atom. The van der Waals surface area contributed by atoms with Gasteiger partial charge in [-0.05, 0) is 70.6 Å². The van der Waals surface area contributed by atoms with Gasteiger partial charge in [0, 0.05) is 6.42 Å². The number of aliphatic hydroxyl groups excluding tert-OH is 11. The van der Waals surface area contributed by atoms with Gasteiger partial charge in [0.1, 0.15) is 73.2 Å². The fraction of sp³-hybridized carbons (Fsp3) is 0.792. The van der Waals surface area contributed by atoms with E-state index in [0.29, 0.717) is 6.42 Å². The molecule has 0 radical (unpaired) electrons. The van der Waals surface area contributed by atoms with Crippen molar-refractivity contribution in [2.75, 3.05) is 26.4 Å². The summed E-state index contributed by atoms with van der Waals surface area (Å²) in [6, 6.07) is -0.970. The number of hydrogen-bond donors (Lipinski definition) is 12. The number of amides is 1. The van der Waals surface area contributed by atoms with Gasteiger partial charge in [-0.2, -0.15) is 0 Å². The molecule has 3 aliphatic heterocycles. The Bertz CT molecular complexity index is 1980. The average molecular weight is 1290 g/mol. The van der Waals surface area contributed by atoms with E-state index < -0.39 is 124 Å². The SMILES string of the molecule is CC/C=C\C/C=C\C/C=C\C/C=C\C/C=C\C/C=C\CCCCCCCCCCCCCCCCCCCCCCCCC(=O)NC(COC1OC(CO)C(OC2OC(CO)C(OC3OC(CO)C(O)C(O)C3O)C(O)C2O)C(O)C1O)C(O)/C=C/CCCCC. The van der Waals surface area contributed by atoms with Crippen molar-refractivity contribution >= 4 is 5.91 Å². The number of aliphatic hydroxyl groups is 11. The summed E-state index contributed by atoms with van der Waals surface area (Å²) in [4.78, 5) is 13.3. The van der Waals surface area contributed by atoms with E-state index in [1.807, 2.05) is 6.08 Å². The molecule has 17 unspecified atom stereocenters. The van der Waals surface area contributed by atoms with Crippen LogP contribution in [0.4, 0.5) is 0 Å². The Morgan fingerprint density at radius 2 is 0.758 bits per heavy atom. The summed E-state index contributed by atoms with van der Waals surface area (Å²) in [5.74, 6) is -0.283. The summed E-state index contributed by atoms with van der Waals surface area (Å²) in [7, 11) is 0. The van der Waals surface area contributed by atoms with Crippen LogP contribution in [0.15, 0.2) is 85.1 Å². The van der Waals surface area contributed by atoms with Crippen LogP contribution in [0, 0.1) is 0 Å². The maximum absolute atomic E-state index is 13.3. The van der Waals surface area contributed by atoms with E-state index in [2.05, 4.69) is 92.1 Å². The van der Waals surface area contributed by atoms with Gasteiger partial charge in [0.2, 0.25) is 5.91 Å². The summed E-state index contributed by atoms with van der Waals surface area (Å²) >= 11 is 0. The summed E-state index contributed by atoms with van der Waals surface area (Å²) in [5, 5.41) is 120. The van der Waals surface area contributed by atoms with Crippen molar-refractivity contribution in [3.05, 3.63) is 85.1 Å². The molecule has 3 heterocycles. The van der Waals surface area contributed by atoms with Crippen LogP contribution in [-0.4, -0.2) is 193 Å². The van der Waals surface area contributed by atoms with Gasteiger partial charge < -0.3 is 89.9 Å². The first-order valence-electron chi connectivity index (χ1n) is 35.3. The van der Waals surface area contributed by atoms with Gasteiger partial charge in [-0.3, -0.25) is 4.79 Å². The number of hydrogen-bond acceptors (Lipinski definition) is 18. The zero-order chi connectivity index (χ0) is 66.1. The van der Waals surface area contributed by atoms with E-state index in [4.69, 9.17) is 28.4 Å². The monoisotopic (exact) mass is 1290 g/mol. The number of carbonyl (C=O) groups excluding carboxylic acids is 1. The quantitative estimate of drug-likeness (QED) is 0.0199. The molecule has 19 nitrogen and oxygen atoms in total. The molecular formula is C72H125NO18. The number of allylic oxidation sites excluding steroid dienone is 13. The van der Waals surface area contributed by atoms with Crippen molar-refractivity contribution in [1.29, 1.82) is 0 Å². The zero-order valence-corrected chi connectivity index (χ0v) is 55.5. The molecule has 0 aromatic heterocycles. The van der Waals surface area contributed by atoms with Crippen LogP contribution in [-0.2, 0) is 33.2 Å². The molecule has 19 heteroatoms. The van der Waals surface area contributed by atoms with Gasteiger partial charge in [-0.1, -0.05) is 240 Å². The van der Waals surface area contributed by atoms with Crippen molar-refractivity contribution < 1.29 is 89.4 Å². The number of unbranched alkanes of at least 4 members (excludes halogenated alkanes) is 25. The first-order chi connectivity index (χ1) is 44.3. The van der Waals surface area contributed by atoms with Crippen molar-refractivity contribution in [1.82, 2.24) is 5.32 Å². The van der Waals surface area contributed by atoms with Crippen LogP contribution in [0.25, 0.3) is 0 Å². The standard InChI is InChI=1S/C72H125NO18/c1-3-5-7-9-10-11-12-13-14-15-16-17-18-19-20-21-22-23-24-25-26-27-28-29-30-31-32-33-34-35-36-37-38-39-40-41-42-43-44-46-48-50-60(78)73-55(56(77)49-47-45-8-6-4-2)54-86-70-66(84)63(81)68(58(52-75)88-70)91-72-67(85)64(82)69(59(53-76)89-72)90-71-65(83)62(80)61(79)57(51-74)87-71/h5,7,10-11,13-14,16-17,19-20,22-23,47,49,55-59,61-72,74-77,79-85H,3-4,6,8-9,12,15,18,21,24-46,48,50-54H2,1-2H3,(H,73,78)/b7-5-,11-10-,14-13-,17-16-,20-19-,23-22-,49-47+. The van der Waals surface area contributed by atoms with Gasteiger partial charge in [0.15, 0.2) is 18.9 Å². The van der Waals surface area contributed by atoms with Crippen LogP contribution < -0.4 is 5.32 Å². The molecule has 0 aromatic rings. The van der Waals surface area contributed by atoms with Gasteiger partial charge in [0.25, 0.3) is 0 Å². The van der Waals surface area contributed by atoms with E-state index in [-0.39, 0.29) is 18.9 Å². The third-order valence-electron chi connectivity index (χ3n) is 17.2. The second-order valence-electron chi connectivity index (χ2n) is 25.0. The molecule has 3 saturated heterocycles. The second-order valence-corrected chi connectivity index (χ2v) is 25.0. The molecule has 3 aliphatic rings. The Balaban J connectivity index is 1.21. The van der Waals surface area contributed by atoms with E-state index in [0.717, 1.165) is 83.5 Å². The summed E-state index contributed by atoms with van der Waals surface area (Å²) in [6.45, 7) is 1.48. The Morgan fingerprint density at radius 3 is 1.19 bits per heavy atom. The Kier molecular flexibility index (Phi) is 48.0. The van der Waals surface area contributed by atoms with Gasteiger partial charge in [-0.25, -0.2) is 0 Å². The van der Waals surface area contributed by atoms with Crippen molar-refractivity contribution in [2.24, 2.45) is 0 Å². The smallest absolute Gasteiger partial charge is 0.220 e. The first-order valence-corrected chi connectivity index (χ1v) is 35.3. The minimum atomic E-state index is -1.98. The molecule has 3 fully saturated rings. The van der Waals surface area contributed by atoms with Crippen molar-refractivity contribution in [3.8, 4) is 0 Å². The predicted molar refractivity (Wildman–Crippen MR) is 355 cm³/mol. The molecule has 0 saturated carbocycles. The highest BCUT2D eigenvalue weighted by Crippen LogP contribution is 2.33. The van der Waals surface area contributed by atoms with E-state index in [9.17, 15) is 61.0 Å². The lowest BCUT2D eigenvalue weighted by molar-refractivity contribution is -0.379. The average Bonchev–Trinajstić information content (AvgIpc) is 0.864. The second kappa shape index (κ2) is 53.2. The molecule has 0 aliphatic carbocycles. The molecular weight excluding hydrogens is 1170 g/mol. The number of rotatable bonds is 53. The van der Waals surface area contributed by atoms with Gasteiger partial charge in [-0.15, -0.1) is 0 Å². The minimum Gasteiger partial charge on any atom is -0.394 e. The number of ether oxygens (including phenoxy) is 6. The van der Waals surface area contributed by atoms with Crippen LogP contribution >= 0.6 is 0 Å². The zero-order valence-electron chi connectivity index (χ0n) is 55.5. The van der Waals surface area contributed by atoms with Crippen LogP contribution in [0.1, 0.15) is 232 Å². The molecule has 17 atom stereocenters. The topological polar surface area (TPSA) is 307 Å². The van der Waals surface area contributed by atoms with E-state index in [1.165, 1.54) is 122 Å². The lowest BCUT2D eigenvalue weighted by Crippen LogP contribution is -2.66. The third-order valence-corrected chi connectivity index (χ3v) is 17.2. The van der Waals surface area contributed by atoms with Crippen molar-refractivity contribution in [2.45, 2.75) is 336 Å². The molecule has 0 bridgehead atoms. The highest BCUT2D eigenvalue weighted by atomic mass is 16.8. The van der Waals surface area contributed by atoms with Gasteiger partial charge >= 0.3 is 0 Å². The largest absolute Gasteiger partial charge is 0.394 e. The first kappa shape index (κ1) is 82.2. The fourth-order valence-electron chi connectivity index (χ4n) is 11.5. The summed E-state index contributed by atoms with van der Waals surface area (Å²) in [5.41, 5.74) is 0. The molecule has 91 heavy (non-hydrogen) atoms. The van der Waals surface area contributed by atoms with Crippen molar-refractivity contribution in [3.63, 3.8) is 0 Å². The number of nitrogens with one attached hydrogen (secondary N) is 1. The van der Waals surface area contributed by atoms with Gasteiger partial charge in [0.05, 0.1) is 38.6 Å². The highest BCUT2D eigenvalue weighted by Gasteiger charge is 2.53. The number of carbonyl (C=O) groups is 1. The molecule has 12 N–H and O–H groups in total. The molecule has 0 spiro atoms.